The number of aromatic nitrogens is 2. The van der Waals surface area contributed by atoms with Crippen molar-refractivity contribution in [2.45, 2.75) is 20.0 Å². The zero-order valence-corrected chi connectivity index (χ0v) is 15.4. The fourth-order valence-corrected chi connectivity index (χ4v) is 2.68. The first-order valence-corrected chi connectivity index (χ1v) is 8.69. The van der Waals surface area contributed by atoms with Crippen LogP contribution in [0.3, 0.4) is 0 Å². The summed E-state index contributed by atoms with van der Waals surface area (Å²) in [6.07, 6.45) is 0. The van der Waals surface area contributed by atoms with Crippen molar-refractivity contribution in [3.63, 3.8) is 0 Å². The smallest absolute Gasteiger partial charge is 0.270 e. The average Bonchev–Trinajstić information content (AvgIpc) is 2.71. The second-order valence-electron chi connectivity index (χ2n) is 6.02. The Morgan fingerprint density at radius 2 is 1.74 bits per heavy atom. The molecule has 2 N–H and O–H groups in total. The summed E-state index contributed by atoms with van der Waals surface area (Å²) < 4.78 is 5.31. The molecule has 0 spiro atoms. The van der Waals surface area contributed by atoms with Gasteiger partial charge in [0.15, 0.2) is 0 Å². The number of carbonyl (C=O) groups is 1. The maximum atomic E-state index is 12.5. The first-order chi connectivity index (χ1) is 13.2. The maximum absolute atomic E-state index is 12.5. The maximum Gasteiger partial charge on any atom is 0.270 e. The Hall–Kier alpha value is -3.41. The van der Waals surface area contributed by atoms with Crippen LogP contribution in [0.15, 0.2) is 60.7 Å². The zero-order chi connectivity index (χ0) is 19.1. The van der Waals surface area contributed by atoms with E-state index < -0.39 is 0 Å². The predicted molar refractivity (Wildman–Crippen MR) is 105 cm³/mol. The molecule has 6 heteroatoms. The van der Waals surface area contributed by atoms with Gasteiger partial charge in [-0.15, -0.1) is 0 Å². The van der Waals surface area contributed by atoms with Crippen molar-refractivity contribution in [1.29, 1.82) is 0 Å². The lowest BCUT2D eigenvalue weighted by Gasteiger charge is -2.11. The minimum Gasteiger partial charge on any atom is -0.496 e. The third kappa shape index (κ3) is 5.04. The standard InChI is InChI=1S/C21H22N4O2/c1-15-24-18(12-20(25-15)22-13-16-8-4-3-5-9-16)21(26)23-14-17-10-6-7-11-19(17)27-2/h3-12H,13-14H2,1-2H3,(H,23,26)(H,22,24,25). The van der Waals surface area contributed by atoms with Gasteiger partial charge in [-0.1, -0.05) is 48.5 Å². The highest BCUT2D eigenvalue weighted by Crippen LogP contribution is 2.17. The number of benzene rings is 2. The summed E-state index contributed by atoms with van der Waals surface area (Å²) in [6, 6.07) is 19.2. The van der Waals surface area contributed by atoms with Crippen molar-refractivity contribution in [1.82, 2.24) is 15.3 Å². The molecule has 1 aromatic heterocycles. The first-order valence-electron chi connectivity index (χ1n) is 8.69. The molecule has 2 aromatic carbocycles. The van der Waals surface area contributed by atoms with Gasteiger partial charge in [-0.2, -0.15) is 0 Å². The first kappa shape index (κ1) is 18.4. The molecule has 0 fully saturated rings. The Bertz CT molecular complexity index is 913. The Balaban J connectivity index is 1.66. The molecule has 1 heterocycles. The van der Waals surface area contributed by atoms with E-state index in [2.05, 4.69) is 20.6 Å². The quantitative estimate of drug-likeness (QED) is 0.674. The fraction of sp³-hybridized carbons (Fsp3) is 0.190. The van der Waals surface area contributed by atoms with Crippen LogP contribution in [0.2, 0.25) is 0 Å². The summed E-state index contributed by atoms with van der Waals surface area (Å²) in [5, 5.41) is 6.12. The fourth-order valence-electron chi connectivity index (χ4n) is 2.68. The normalized spacial score (nSPS) is 10.3. The van der Waals surface area contributed by atoms with E-state index >= 15 is 0 Å². The van der Waals surface area contributed by atoms with Crippen LogP contribution in [0, 0.1) is 6.92 Å². The number of carbonyl (C=O) groups excluding carboxylic acids is 1. The van der Waals surface area contributed by atoms with Crippen LogP contribution < -0.4 is 15.4 Å². The van der Waals surface area contributed by atoms with Crippen molar-refractivity contribution in [2.24, 2.45) is 0 Å². The van der Waals surface area contributed by atoms with Crippen LogP contribution in [0.4, 0.5) is 5.82 Å². The van der Waals surface area contributed by atoms with Crippen LogP contribution in [0.1, 0.15) is 27.4 Å². The Morgan fingerprint density at radius 3 is 2.52 bits per heavy atom. The van der Waals surface area contributed by atoms with Crippen LogP contribution in [0.25, 0.3) is 0 Å². The highest BCUT2D eigenvalue weighted by atomic mass is 16.5. The molecule has 0 saturated carbocycles. The lowest BCUT2D eigenvalue weighted by Crippen LogP contribution is -2.24. The molecule has 6 nitrogen and oxygen atoms in total. The second kappa shape index (κ2) is 8.80. The molecular weight excluding hydrogens is 340 g/mol. The summed E-state index contributed by atoms with van der Waals surface area (Å²) in [4.78, 5) is 21.1. The van der Waals surface area contributed by atoms with E-state index in [9.17, 15) is 4.79 Å². The van der Waals surface area contributed by atoms with E-state index in [1.165, 1.54) is 0 Å². The number of methoxy groups -OCH3 is 1. The van der Waals surface area contributed by atoms with E-state index in [1.807, 2.05) is 54.6 Å². The molecule has 0 radical (unpaired) electrons. The average molecular weight is 362 g/mol. The Labute approximate surface area is 158 Å². The monoisotopic (exact) mass is 362 g/mol. The van der Waals surface area contributed by atoms with E-state index in [4.69, 9.17) is 4.74 Å². The number of anilines is 1. The largest absolute Gasteiger partial charge is 0.496 e. The van der Waals surface area contributed by atoms with Crippen molar-refractivity contribution < 1.29 is 9.53 Å². The molecule has 0 aliphatic rings. The number of para-hydroxylation sites is 1. The van der Waals surface area contributed by atoms with Crippen molar-refractivity contribution >= 4 is 11.7 Å². The molecule has 0 aliphatic carbocycles. The summed E-state index contributed by atoms with van der Waals surface area (Å²) in [5.41, 5.74) is 2.37. The lowest BCUT2D eigenvalue weighted by molar-refractivity contribution is 0.0945. The van der Waals surface area contributed by atoms with Crippen LogP contribution in [-0.4, -0.2) is 23.0 Å². The molecule has 1 amide bonds. The molecular formula is C21H22N4O2. The lowest BCUT2D eigenvalue weighted by atomic mass is 10.2. The predicted octanol–water partition coefficient (Wildman–Crippen LogP) is 3.34. The number of nitrogens with zero attached hydrogens (tertiary/aromatic N) is 2. The van der Waals surface area contributed by atoms with Crippen LogP contribution in [-0.2, 0) is 13.1 Å². The van der Waals surface area contributed by atoms with Gasteiger partial charge >= 0.3 is 0 Å². The molecule has 0 aliphatic heterocycles. The van der Waals surface area contributed by atoms with Gasteiger partial charge in [0.1, 0.15) is 23.1 Å². The summed E-state index contributed by atoms with van der Waals surface area (Å²) in [5.74, 6) is 1.64. The second-order valence-corrected chi connectivity index (χ2v) is 6.02. The zero-order valence-electron chi connectivity index (χ0n) is 15.4. The van der Waals surface area contributed by atoms with Gasteiger partial charge in [0.25, 0.3) is 5.91 Å². The number of hydrogen-bond acceptors (Lipinski definition) is 5. The molecule has 3 aromatic rings. The highest BCUT2D eigenvalue weighted by Gasteiger charge is 2.11. The topological polar surface area (TPSA) is 76.1 Å². The van der Waals surface area contributed by atoms with Crippen molar-refractivity contribution in [3.05, 3.63) is 83.3 Å². The van der Waals surface area contributed by atoms with Gasteiger partial charge in [-0.3, -0.25) is 4.79 Å². The number of nitrogens with one attached hydrogen (secondary N) is 2. The molecule has 0 saturated heterocycles. The number of hydrogen-bond donors (Lipinski definition) is 2. The molecule has 3 rings (SSSR count). The highest BCUT2D eigenvalue weighted by molar-refractivity contribution is 5.92. The van der Waals surface area contributed by atoms with Gasteiger partial charge in [-0.05, 0) is 18.6 Å². The van der Waals surface area contributed by atoms with Gasteiger partial charge in [0.05, 0.1) is 7.11 Å². The van der Waals surface area contributed by atoms with E-state index in [1.54, 1.807) is 20.1 Å². The van der Waals surface area contributed by atoms with E-state index in [0.717, 1.165) is 16.9 Å². The number of aryl methyl sites for hydroxylation is 1. The Kier molecular flexibility index (Phi) is 5.99. The molecule has 27 heavy (non-hydrogen) atoms. The SMILES string of the molecule is COc1ccccc1CNC(=O)c1cc(NCc2ccccc2)nc(C)n1. The molecule has 0 bridgehead atoms. The third-order valence-corrected chi connectivity index (χ3v) is 4.02. The summed E-state index contributed by atoms with van der Waals surface area (Å²) in [6.45, 7) is 2.75. The summed E-state index contributed by atoms with van der Waals surface area (Å²) in [7, 11) is 1.61. The molecule has 138 valence electrons. The third-order valence-electron chi connectivity index (χ3n) is 4.02. The number of amides is 1. The minimum absolute atomic E-state index is 0.255. The molecule has 0 unspecified atom stereocenters. The Morgan fingerprint density at radius 1 is 1.00 bits per heavy atom. The van der Waals surface area contributed by atoms with Gasteiger partial charge in [0, 0.05) is 24.7 Å². The van der Waals surface area contributed by atoms with Gasteiger partial charge < -0.3 is 15.4 Å². The number of rotatable bonds is 7. The molecule has 0 atom stereocenters. The van der Waals surface area contributed by atoms with Crippen LogP contribution in [0.5, 0.6) is 5.75 Å². The summed E-state index contributed by atoms with van der Waals surface area (Å²) >= 11 is 0. The van der Waals surface area contributed by atoms with Gasteiger partial charge in [-0.25, -0.2) is 9.97 Å². The van der Waals surface area contributed by atoms with Crippen molar-refractivity contribution in [2.75, 3.05) is 12.4 Å². The van der Waals surface area contributed by atoms with E-state index in [-0.39, 0.29) is 5.91 Å². The van der Waals surface area contributed by atoms with Gasteiger partial charge in [0.2, 0.25) is 0 Å². The van der Waals surface area contributed by atoms with Crippen LogP contribution >= 0.6 is 0 Å². The minimum atomic E-state index is -0.255. The number of ether oxygens (including phenoxy) is 1. The van der Waals surface area contributed by atoms with E-state index in [0.29, 0.717) is 30.4 Å². The van der Waals surface area contributed by atoms with Crippen molar-refractivity contribution in [3.8, 4) is 5.75 Å².